The molecule has 0 aromatic carbocycles. The highest BCUT2D eigenvalue weighted by molar-refractivity contribution is 7.99. The number of thioether (sulfide) groups is 1. The Morgan fingerprint density at radius 3 is 2.88 bits per heavy atom. The van der Waals surface area contributed by atoms with Gasteiger partial charge in [0.15, 0.2) is 0 Å². The number of nitrogens with one attached hydrogen (secondary N) is 1. The molecule has 146 valence electrons. The van der Waals surface area contributed by atoms with Crippen molar-refractivity contribution in [3.63, 3.8) is 0 Å². The maximum absolute atomic E-state index is 12.4. The number of amides is 2. The molecule has 2 amide bonds. The number of rotatable bonds is 10. The normalized spacial score (nSPS) is 17.3. The van der Waals surface area contributed by atoms with Crippen LogP contribution in [0.1, 0.15) is 51.9 Å². The van der Waals surface area contributed by atoms with Crippen molar-refractivity contribution in [1.82, 2.24) is 30.4 Å². The molecule has 9 heteroatoms. The zero-order valence-corrected chi connectivity index (χ0v) is 16.6. The smallest absolute Gasteiger partial charge is 0.224 e. The van der Waals surface area contributed by atoms with Gasteiger partial charge in [0, 0.05) is 38.9 Å². The van der Waals surface area contributed by atoms with Crippen molar-refractivity contribution in [1.29, 1.82) is 0 Å². The van der Waals surface area contributed by atoms with E-state index in [2.05, 4.69) is 27.8 Å². The van der Waals surface area contributed by atoms with Gasteiger partial charge in [-0.3, -0.25) is 9.59 Å². The second kappa shape index (κ2) is 11.2. The molecule has 0 saturated carbocycles. The molecule has 0 spiro atoms. The largest absolute Gasteiger partial charge is 0.356 e. The zero-order valence-electron chi connectivity index (χ0n) is 15.8. The fourth-order valence-corrected chi connectivity index (χ4v) is 3.83. The van der Waals surface area contributed by atoms with Crippen molar-refractivity contribution < 1.29 is 9.59 Å². The van der Waals surface area contributed by atoms with E-state index in [0.29, 0.717) is 23.9 Å². The number of aryl methyl sites for hydroxylation is 1. The van der Waals surface area contributed by atoms with Crippen molar-refractivity contribution in [2.75, 3.05) is 25.4 Å². The van der Waals surface area contributed by atoms with E-state index in [-0.39, 0.29) is 17.7 Å². The first-order valence-corrected chi connectivity index (χ1v) is 10.5. The van der Waals surface area contributed by atoms with E-state index in [0.717, 1.165) is 38.8 Å². The van der Waals surface area contributed by atoms with Gasteiger partial charge in [-0.25, -0.2) is 4.68 Å². The van der Waals surface area contributed by atoms with E-state index in [9.17, 15) is 9.59 Å². The summed E-state index contributed by atoms with van der Waals surface area (Å²) in [7, 11) is 1.78. The Bertz CT molecular complexity index is 579. The van der Waals surface area contributed by atoms with Gasteiger partial charge >= 0.3 is 0 Å². The number of carbonyl (C=O) groups is 2. The van der Waals surface area contributed by atoms with E-state index in [1.165, 1.54) is 24.6 Å². The second-order valence-corrected chi connectivity index (χ2v) is 7.78. The number of piperidine rings is 1. The van der Waals surface area contributed by atoms with Crippen LogP contribution in [0.4, 0.5) is 0 Å². The van der Waals surface area contributed by atoms with Crippen LogP contribution in [0, 0.1) is 5.92 Å². The first kappa shape index (κ1) is 20.7. The summed E-state index contributed by atoms with van der Waals surface area (Å²) in [5, 5.41) is 15.0. The number of aromatic nitrogens is 4. The van der Waals surface area contributed by atoms with Crippen molar-refractivity contribution in [3.05, 3.63) is 0 Å². The van der Waals surface area contributed by atoms with Crippen LogP contribution in [-0.4, -0.2) is 62.3 Å². The lowest BCUT2D eigenvalue weighted by atomic mass is 9.97. The van der Waals surface area contributed by atoms with Crippen molar-refractivity contribution in [2.24, 2.45) is 13.0 Å². The minimum Gasteiger partial charge on any atom is -0.356 e. The molecule has 0 bridgehead atoms. The van der Waals surface area contributed by atoms with Crippen LogP contribution < -0.4 is 5.32 Å². The number of nitrogens with zero attached hydrogens (tertiary/aromatic N) is 5. The second-order valence-electron chi connectivity index (χ2n) is 6.71. The van der Waals surface area contributed by atoms with Gasteiger partial charge < -0.3 is 10.2 Å². The maximum Gasteiger partial charge on any atom is 0.224 e. The van der Waals surface area contributed by atoms with Crippen LogP contribution in [0.15, 0.2) is 5.16 Å². The molecule has 1 aliphatic heterocycles. The Balaban J connectivity index is 1.68. The Morgan fingerprint density at radius 2 is 2.15 bits per heavy atom. The van der Waals surface area contributed by atoms with Gasteiger partial charge in [-0.1, -0.05) is 37.9 Å². The lowest BCUT2D eigenvalue weighted by Crippen LogP contribution is -2.45. The Hall–Kier alpha value is -1.64. The first-order chi connectivity index (χ1) is 12.6. The highest BCUT2D eigenvalue weighted by Gasteiger charge is 2.28. The number of carbonyl (C=O) groups excluding carboxylic acids is 2. The zero-order chi connectivity index (χ0) is 18.8. The standard InChI is InChI=1S/C17H30N6O2S/c1-3-4-5-6-10-18-16(25)14-8-7-11-23(13-14)15(24)9-12-26-17-19-20-21-22(17)2/h14H,3-13H2,1-2H3,(H,18,25). The third-order valence-electron chi connectivity index (χ3n) is 4.60. The summed E-state index contributed by atoms with van der Waals surface area (Å²) >= 11 is 1.47. The number of unbranched alkanes of at least 4 members (excludes halogenated alkanes) is 3. The monoisotopic (exact) mass is 382 g/mol. The molecule has 26 heavy (non-hydrogen) atoms. The number of hydrogen-bond donors (Lipinski definition) is 1. The predicted octanol–water partition coefficient (Wildman–Crippen LogP) is 1.63. The molecule has 1 saturated heterocycles. The summed E-state index contributed by atoms with van der Waals surface area (Å²) < 4.78 is 1.59. The van der Waals surface area contributed by atoms with Crippen LogP contribution in [0.25, 0.3) is 0 Å². The summed E-state index contributed by atoms with van der Waals surface area (Å²) in [6, 6.07) is 0. The first-order valence-electron chi connectivity index (χ1n) is 9.52. The lowest BCUT2D eigenvalue weighted by molar-refractivity contribution is -0.135. The van der Waals surface area contributed by atoms with Crippen LogP contribution in [-0.2, 0) is 16.6 Å². The summed E-state index contributed by atoms with van der Waals surface area (Å²) in [5.74, 6) is 0.763. The molecule has 2 heterocycles. The molecule has 0 radical (unpaired) electrons. The van der Waals surface area contributed by atoms with Crippen LogP contribution in [0.2, 0.25) is 0 Å². The van der Waals surface area contributed by atoms with Gasteiger partial charge in [-0.05, 0) is 29.7 Å². The molecule has 1 N–H and O–H groups in total. The maximum atomic E-state index is 12.4. The van der Waals surface area contributed by atoms with Gasteiger partial charge in [0.05, 0.1) is 5.92 Å². The third kappa shape index (κ3) is 6.59. The fourth-order valence-electron chi connectivity index (χ4n) is 3.06. The summed E-state index contributed by atoms with van der Waals surface area (Å²) in [5.41, 5.74) is 0. The summed E-state index contributed by atoms with van der Waals surface area (Å²) in [6.07, 6.45) is 6.78. The summed E-state index contributed by atoms with van der Waals surface area (Å²) in [4.78, 5) is 26.6. The average molecular weight is 383 g/mol. The van der Waals surface area contributed by atoms with Gasteiger partial charge in [0.1, 0.15) is 0 Å². The van der Waals surface area contributed by atoms with E-state index < -0.39 is 0 Å². The molecular formula is C17H30N6O2S. The van der Waals surface area contributed by atoms with E-state index in [4.69, 9.17) is 0 Å². The minimum absolute atomic E-state index is 0.0746. The Morgan fingerprint density at radius 1 is 1.31 bits per heavy atom. The SMILES string of the molecule is CCCCCCNC(=O)C1CCCN(C(=O)CCSc2nnnn2C)C1. The van der Waals surface area contributed by atoms with E-state index in [1.807, 2.05) is 4.90 Å². The number of likely N-dealkylation sites (tertiary alicyclic amines) is 1. The van der Waals surface area contributed by atoms with E-state index in [1.54, 1.807) is 11.7 Å². The van der Waals surface area contributed by atoms with Crippen molar-refractivity contribution in [3.8, 4) is 0 Å². The average Bonchev–Trinajstić information content (AvgIpc) is 3.06. The lowest BCUT2D eigenvalue weighted by Gasteiger charge is -2.32. The Kier molecular flexibility index (Phi) is 8.87. The van der Waals surface area contributed by atoms with Gasteiger partial charge in [0.25, 0.3) is 0 Å². The van der Waals surface area contributed by atoms with Crippen LogP contribution in [0.3, 0.4) is 0 Å². The fraction of sp³-hybridized carbons (Fsp3) is 0.824. The highest BCUT2D eigenvalue weighted by atomic mass is 32.2. The molecule has 1 aliphatic rings. The minimum atomic E-state index is -0.0746. The van der Waals surface area contributed by atoms with Gasteiger partial charge in [-0.2, -0.15) is 0 Å². The topological polar surface area (TPSA) is 93.0 Å². The van der Waals surface area contributed by atoms with Crippen LogP contribution in [0.5, 0.6) is 0 Å². The van der Waals surface area contributed by atoms with Gasteiger partial charge in [0.2, 0.25) is 17.0 Å². The van der Waals surface area contributed by atoms with E-state index >= 15 is 0 Å². The van der Waals surface area contributed by atoms with Crippen LogP contribution >= 0.6 is 11.8 Å². The molecule has 1 aromatic heterocycles. The molecule has 8 nitrogen and oxygen atoms in total. The molecule has 1 aromatic rings. The quantitative estimate of drug-likeness (QED) is 0.488. The summed E-state index contributed by atoms with van der Waals surface area (Å²) in [6.45, 7) is 4.20. The highest BCUT2D eigenvalue weighted by Crippen LogP contribution is 2.19. The molecule has 2 rings (SSSR count). The molecule has 1 fully saturated rings. The predicted molar refractivity (Wildman–Crippen MR) is 101 cm³/mol. The molecular weight excluding hydrogens is 352 g/mol. The third-order valence-corrected chi connectivity index (χ3v) is 5.62. The van der Waals surface area contributed by atoms with Crippen molar-refractivity contribution in [2.45, 2.75) is 57.0 Å². The molecule has 1 atom stereocenters. The van der Waals surface area contributed by atoms with Gasteiger partial charge in [-0.15, -0.1) is 5.10 Å². The van der Waals surface area contributed by atoms with Crippen molar-refractivity contribution >= 4 is 23.6 Å². The molecule has 1 unspecified atom stereocenters. The number of tetrazole rings is 1. The molecule has 0 aliphatic carbocycles. The number of hydrogen-bond acceptors (Lipinski definition) is 6. The Labute approximate surface area is 159 Å².